The third-order valence-electron chi connectivity index (χ3n) is 2.26. The van der Waals surface area contributed by atoms with E-state index in [2.05, 4.69) is 31.2 Å². The van der Waals surface area contributed by atoms with Gasteiger partial charge in [-0.25, -0.2) is 0 Å². The first kappa shape index (κ1) is 8.58. The van der Waals surface area contributed by atoms with Crippen molar-refractivity contribution in [3.63, 3.8) is 0 Å². The summed E-state index contributed by atoms with van der Waals surface area (Å²) in [5.41, 5.74) is 0. The standard InChI is InChI=1S/C11H18/c1-2-3-8-11-9-6-4-5-7-10-11/h4-6,9,11H,2-3,7-8,10H2,1H3. The van der Waals surface area contributed by atoms with Crippen molar-refractivity contribution in [2.75, 3.05) is 0 Å². The quantitative estimate of drug-likeness (QED) is 0.575. The minimum Gasteiger partial charge on any atom is -0.0845 e. The summed E-state index contributed by atoms with van der Waals surface area (Å²) in [5.74, 6) is 0.852. The maximum Gasteiger partial charge on any atom is -0.0227 e. The second kappa shape index (κ2) is 5.17. The number of unbranched alkanes of at least 4 members (excludes halogenated alkanes) is 1. The Bertz CT molecular complexity index is 142. The molecule has 0 nitrogen and oxygen atoms in total. The van der Waals surface area contributed by atoms with E-state index in [-0.39, 0.29) is 0 Å². The zero-order chi connectivity index (χ0) is 7.94. The Morgan fingerprint density at radius 3 is 3.09 bits per heavy atom. The zero-order valence-corrected chi connectivity index (χ0v) is 7.42. The van der Waals surface area contributed by atoms with Crippen molar-refractivity contribution in [1.82, 2.24) is 0 Å². The van der Waals surface area contributed by atoms with Crippen molar-refractivity contribution in [3.8, 4) is 0 Å². The molecule has 0 fully saturated rings. The lowest BCUT2D eigenvalue weighted by molar-refractivity contribution is 0.525. The molecule has 11 heavy (non-hydrogen) atoms. The summed E-state index contributed by atoms with van der Waals surface area (Å²) in [7, 11) is 0. The largest absolute Gasteiger partial charge is 0.0845 e. The van der Waals surface area contributed by atoms with Crippen LogP contribution in [0, 0.1) is 5.92 Å². The predicted molar refractivity (Wildman–Crippen MR) is 50.5 cm³/mol. The van der Waals surface area contributed by atoms with Crippen LogP contribution < -0.4 is 0 Å². The van der Waals surface area contributed by atoms with Gasteiger partial charge in [-0.3, -0.25) is 0 Å². The van der Waals surface area contributed by atoms with Gasteiger partial charge in [0.2, 0.25) is 0 Å². The molecule has 1 rings (SSSR count). The van der Waals surface area contributed by atoms with Gasteiger partial charge in [0.25, 0.3) is 0 Å². The van der Waals surface area contributed by atoms with E-state index in [1.165, 1.54) is 32.1 Å². The molecule has 0 bridgehead atoms. The van der Waals surface area contributed by atoms with Gasteiger partial charge in [-0.2, -0.15) is 0 Å². The maximum absolute atomic E-state index is 2.36. The third-order valence-corrected chi connectivity index (χ3v) is 2.26. The Hall–Kier alpha value is -0.520. The summed E-state index contributed by atoms with van der Waals surface area (Å²) in [6.45, 7) is 2.26. The molecule has 1 unspecified atom stereocenters. The monoisotopic (exact) mass is 150 g/mol. The molecule has 0 spiro atoms. The molecule has 1 aliphatic carbocycles. The molecule has 0 aromatic heterocycles. The smallest absolute Gasteiger partial charge is 0.0227 e. The van der Waals surface area contributed by atoms with Crippen LogP contribution in [0.25, 0.3) is 0 Å². The average molecular weight is 150 g/mol. The van der Waals surface area contributed by atoms with Gasteiger partial charge in [0, 0.05) is 0 Å². The van der Waals surface area contributed by atoms with Crippen LogP contribution in [0.2, 0.25) is 0 Å². The van der Waals surface area contributed by atoms with Crippen LogP contribution >= 0.6 is 0 Å². The zero-order valence-electron chi connectivity index (χ0n) is 7.42. The molecule has 0 aromatic rings. The Morgan fingerprint density at radius 1 is 1.36 bits per heavy atom. The summed E-state index contributed by atoms with van der Waals surface area (Å²) >= 11 is 0. The molecule has 0 saturated heterocycles. The molecule has 62 valence electrons. The second-order valence-corrected chi connectivity index (χ2v) is 3.29. The highest BCUT2D eigenvalue weighted by Gasteiger charge is 2.03. The van der Waals surface area contributed by atoms with Crippen molar-refractivity contribution in [2.45, 2.75) is 39.0 Å². The van der Waals surface area contributed by atoms with Crippen LogP contribution in [0.3, 0.4) is 0 Å². The summed E-state index contributed by atoms with van der Waals surface area (Å²) in [4.78, 5) is 0. The van der Waals surface area contributed by atoms with E-state index in [1.807, 2.05) is 0 Å². The molecular weight excluding hydrogens is 132 g/mol. The van der Waals surface area contributed by atoms with E-state index >= 15 is 0 Å². The maximum atomic E-state index is 2.36. The first-order chi connectivity index (χ1) is 5.43. The van der Waals surface area contributed by atoms with Gasteiger partial charge < -0.3 is 0 Å². The van der Waals surface area contributed by atoms with E-state index in [0.717, 1.165) is 5.92 Å². The van der Waals surface area contributed by atoms with Crippen LogP contribution in [-0.4, -0.2) is 0 Å². The third kappa shape index (κ3) is 3.41. The fraction of sp³-hybridized carbons (Fsp3) is 0.636. The van der Waals surface area contributed by atoms with Gasteiger partial charge >= 0.3 is 0 Å². The van der Waals surface area contributed by atoms with Crippen molar-refractivity contribution in [2.24, 2.45) is 5.92 Å². The second-order valence-electron chi connectivity index (χ2n) is 3.29. The van der Waals surface area contributed by atoms with Crippen LogP contribution in [0.15, 0.2) is 24.3 Å². The van der Waals surface area contributed by atoms with Crippen molar-refractivity contribution >= 4 is 0 Å². The molecule has 0 amide bonds. The molecule has 0 heterocycles. The van der Waals surface area contributed by atoms with E-state index in [0.29, 0.717) is 0 Å². The minimum absolute atomic E-state index is 0.852. The highest BCUT2D eigenvalue weighted by molar-refractivity contribution is 5.07. The Morgan fingerprint density at radius 2 is 2.27 bits per heavy atom. The van der Waals surface area contributed by atoms with Gasteiger partial charge in [-0.15, -0.1) is 0 Å². The SMILES string of the molecule is CCCCC1C=CC=CCC1. The van der Waals surface area contributed by atoms with Gasteiger partial charge in [0.05, 0.1) is 0 Å². The van der Waals surface area contributed by atoms with E-state index < -0.39 is 0 Å². The molecular formula is C11H18. The average Bonchev–Trinajstić information content (AvgIpc) is 2.28. The van der Waals surface area contributed by atoms with Crippen LogP contribution in [0.5, 0.6) is 0 Å². The Balaban J connectivity index is 2.23. The number of allylic oxidation sites excluding steroid dienone is 4. The van der Waals surface area contributed by atoms with E-state index in [4.69, 9.17) is 0 Å². The lowest BCUT2D eigenvalue weighted by Crippen LogP contribution is -1.94. The summed E-state index contributed by atoms with van der Waals surface area (Å²) in [6, 6.07) is 0. The first-order valence-electron chi connectivity index (χ1n) is 4.77. The van der Waals surface area contributed by atoms with Gasteiger partial charge in [-0.05, 0) is 25.2 Å². The normalized spacial score (nSPS) is 23.5. The Labute approximate surface area is 70.0 Å². The lowest BCUT2D eigenvalue weighted by Gasteiger charge is -2.08. The van der Waals surface area contributed by atoms with Crippen LogP contribution in [0.4, 0.5) is 0 Å². The number of rotatable bonds is 3. The summed E-state index contributed by atoms with van der Waals surface area (Å²) in [5, 5.41) is 0. The van der Waals surface area contributed by atoms with Crippen molar-refractivity contribution < 1.29 is 0 Å². The van der Waals surface area contributed by atoms with Gasteiger partial charge in [0.15, 0.2) is 0 Å². The summed E-state index contributed by atoms with van der Waals surface area (Å²) in [6.07, 6.45) is 15.7. The molecule has 0 radical (unpaired) electrons. The van der Waals surface area contributed by atoms with Gasteiger partial charge in [-0.1, -0.05) is 44.1 Å². The molecule has 0 N–H and O–H groups in total. The molecule has 0 heteroatoms. The molecule has 1 atom stereocenters. The van der Waals surface area contributed by atoms with Crippen molar-refractivity contribution in [3.05, 3.63) is 24.3 Å². The number of hydrogen-bond acceptors (Lipinski definition) is 0. The topological polar surface area (TPSA) is 0 Å². The van der Waals surface area contributed by atoms with Crippen LogP contribution in [0.1, 0.15) is 39.0 Å². The fourth-order valence-corrected chi connectivity index (χ4v) is 1.51. The van der Waals surface area contributed by atoms with E-state index in [9.17, 15) is 0 Å². The van der Waals surface area contributed by atoms with Crippen LogP contribution in [-0.2, 0) is 0 Å². The highest BCUT2D eigenvalue weighted by Crippen LogP contribution is 2.18. The number of hydrogen-bond donors (Lipinski definition) is 0. The molecule has 1 aliphatic rings. The molecule has 0 aliphatic heterocycles. The summed E-state index contributed by atoms with van der Waals surface area (Å²) < 4.78 is 0. The highest BCUT2D eigenvalue weighted by atomic mass is 14.1. The molecule has 0 saturated carbocycles. The van der Waals surface area contributed by atoms with Gasteiger partial charge in [0.1, 0.15) is 0 Å². The van der Waals surface area contributed by atoms with Crippen molar-refractivity contribution in [1.29, 1.82) is 0 Å². The predicted octanol–water partition coefficient (Wildman–Crippen LogP) is 3.70. The fourth-order valence-electron chi connectivity index (χ4n) is 1.51. The lowest BCUT2D eigenvalue weighted by atomic mass is 9.97. The first-order valence-corrected chi connectivity index (χ1v) is 4.77. The van der Waals surface area contributed by atoms with E-state index in [1.54, 1.807) is 0 Å². The molecule has 0 aromatic carbocycles. The minimum atomic E-state index is 0.852. The Kier molecular flexibility index (Phi) is 4.03.